The van der Waals surface area contributed by atoms with Gasteiger partial charge in [0.05, 0.1) is 12.7 Å². The molecule has 3 N–H and O–H groups in total. The summed E-state index contributed by atoms with van der Waals surface area (Å²) in [4.78, 5) is 24.0. The maximum atomic E-state index is 12.9. The zero-order valence-electron chi connectivity index (χ0n) is 16.9. The van der Waals surface area contributed by atoms with Crippen LogP contribution in [0, 0.1) is 5.82 Å². The van der Waals surface area contributed by atoms with Gasteiger partial charge in [0.1, 0.15) is 24.2 Å². The smallest absolute Gasteiger partial charge is 0.323 e. The summed E-state index contributed by atoms with van der Waals surface area (Å²) in [7, 11) is 0. The summed E-state index contributed by atoms with van der Waals surface area (Å²) in [6, 6.07) is 14.6. The molecule has 2 aromatic carbocycles. The predicted octanol–water partition coefficient (Wildman–Crippen LogP) is 1.74. The monoisotopic (exact) mass is 425 g/mol. The Kier molecular flexibility index (Phi) is 7.83. The molecule has 0 spiro atoms. The number of aryl methyl sites for hydroxylation is 1. The summed E-state index contributed by atoms with van der Waals surface area (Å²) in [5.41, 5.74) is 8.13. The number of amides is 1. The van der Waals surface area contributed by atoms with E-state index in [1.165, 1.54) is 16.8 Å². The Morgan fingerprint density at radius 3 is 2.58 bits per heavy atom. The van der Waals surface area contributed by atoms with Crippen molar-refractivity contribution in [2.45, 2.75) is 38.6 Å². The van der Waals surface area contributed by atoms with E-state index >= 15 is 0 Å². The highest BCUT2D eigenvalue weighted by Gasteiger charge is 2.16. The van der Waals surface area contributed by atoms with E-state index in [0.29, 0.717) is 25.2 Å². The molecule has 0 saturated heterocycles. The van der Waals surface area contributed by atoms with E-state index in [9.17, 15) is 14.0 Å². The van der Waals surface area contributed by atoms with Gasteiger partial charge in [0.25, 0.3) is 0 Å². The van der Waals surface area contributed by atoms with Crippen molar-refractivity contribution < 1.29 is 18.7 Å². The quantitative estimate of drug-likeness (QED) is 0.479. The molecular formula is C22H24FN5O3. The third-order valence-electron chi connectivity index (χ3n) is 4.52. The van der Waals surface area contributed by atoms with E-state index in [0.717, 1.165) is 11.1 Å². The standard InChI is InChI=1S/C22H24FN5O3/c23-18-8-6-17(7-9-18)13-25-21(29)10-11-28-14-19(26-27-28)15-31-22(30)20(24)12-16-4-2-1-3-5-16/h1-9,14,20H,10-13,15,24H2,(H,25,29)/t20-/m0/s1. The van der Waals surface area contributed by atoms with Crippen LogP contribution < -0.4 is 11.1 Å². The molecule has 1 atom stereocenters. The SMILES string of the molecule is N[C@@H](Cc1ccccc1)C(=O)OCc1cn(CCC(=O)NCc2ccc(F)cc2)nn1. The minimum absolute atomic E-state index is 0.0436. The van der Waals surface area contributed by atoms with Gasteiger partial charge < -0.3 is 15.8 Å². The van der Waals surface area contributed by atoms with Crippen LogP contribution in [-0.4, -0.2) is 32.9 Å². The Bertz CT molecular complexity index is 992. The average molecular weight is 425 g/mol. The number of carbonyl (C=O) groups is 2. The maximum Gasteiger partial charge on any atom is 0.323 e. The molecule has 3 rings (SSSR count). The third-order valence-corrected chi connectivity index (χ3v) is 4.52. The van der Waals surface area contributed by atoms with E-state index in [4.69, 9.17) is 10.5 Å². The molecule has 162 valence electrons. The fraction of sp³-hybridized carbons (Fsp3) is 0.273. The second kappa shape index (κ2) is 11.0. The Labute approximate surface area is 179 Å². The number of esters is 1. The first-order valence-corrected chi connectivity index (χ1v) is 9.86. The van der Waals surface area contributed by atoms with Crippen LogP contribution in [0.2, 0.25) is 0 Å². The molecule has 0 fully saturated rings. The van der Waals surface area contributed by atoms with Gasteiger partial charge in [0.15, 0.2) is 0 Å². The molecule has 0 unspecified atom stereocenters. The van der Waals surface area contributed by atoms with Gasteiger partial charge in [-0.2, -0.15) is 0 Å². The van der Waals surface area contributed by atoms with Crippen molar-refractivity contribution in [2.24, 2.45) is 5.73 Å². The van der Waals surface area contributed by atoms with E-state index in [1.54, 1.807) is 18.3 Å². The number of halogens is 1. The van der Waals surface area contributed by atoms with Gasteiger partial charge in [0.2, 0.25) is 5.91 Å². The summed E-state index contributed by atoms with van der Waals surface area (Å²) in [5, 5.41) is 10.6. The van der Waals surface area contributed by atoms with Crippen molar-refractivity contribution >= 4 is 11.9 Å². The first-order valence-electron chi connectivity index (χ1n) is 9.86. The third kappa shape index (κ3) is 7.31. The van der Waals surface area contributed by atoms with E-state index in [2.05, 4.69) is 15.6 Å². The van der Waals surface area contributed by atoms with Crippen molar-refractivity contribution in [3.63, 3.8) is 0 Å². The van der Waals surface area contributed by atoms with Crippen LogP contribution in [0.5, 0.6) is 0 Å². The van der Waals surface area contributed by atoms with Gasteiger partial charge in [-0.25, -0.2) is 4.39 Å². The van der Waals surface area contributed by atoms with Gasteiger partial charge in [-0.05, 0) is 29.7 Å². The van der Waals surface area contributed by atoms with Gasteiger partial charge in [-0.1, -0.05) is 47.7 Å². The largest absolute Gasteiger partial charge is 0.458 e. The summed E-state index contributed by atoms with van der Waals surface area (Å²) < 4.78 is 19.6. The van der Waals surface area contributed by atoms with Crippen LogP contribution in [0.4, 0.5) is 4.39 Å². The highest BCUT2D eigenvalue weighted by atomic mass is 19.1. The molecule has 1 aromatic heterocycles. The lowest BCUT2D eigenvalue weighted by atomic mass is 10.1. The van der Waals surface area contributed by atoms with E-state index < -0.39 is 12.0 Å². The second-order valence-electron chi connectivity index (χ2n) is 7.03. The van der Waals surface area contributed by atoms with Crippen LogP contribution in [0.25, 0.3) is 0 Å². The van der Waals surface area contributed by atoms with Crippen molar-refractivity contribution in [3.05, 3.63) is 83.4 Å². The van der Waals surface area contributed by atoms with Crippen molar-refractivity contribution in [1.82, 2.24) is 20.3 Å². The number of nitrogens with zero attached hydrogens (tertiary/aromatic N) is 3. The molecule has 3 aromatic rings. The number of hydrogen-bond donors (Lipinski definition) is 2. The number of aromatic nitrogens is 3. The summed E-state index contributed by atoms with van der Waals surface area (Å²) in [6.07, 6.45) is 2.20. The molecule has 0 aliphatic carbocycles. The molecule has 0 aliphatic heterocycles. The molecule has 1 heterocycles. The van der Waals surface area contributed by atoms with Crippen LogP contribution in [-0.2, 0) is 40.4 Å². The first kappa shape index (κ1) is 22.1. The summed E-state index contributed by atoms with van der Waals surface area (Å²) in [6.45, 7) is 0.600. The molecule has 0 saturated carbocycles. The molecule has 9 heteroatoms. The molecule has 31 heavy (non-hydrogen) atoms. The van der Waals surface area contributed by atoms with Crippen molar-refractivity contribution in [1.29, 1.82) is 0 Å². The highest BCUT2D eigenvalue weighted by molar-refractivity contribution is 5.76. The Morgan fingerprint density at radius 1 is 1.10 bits per heavy atom. The molecule has 0 radical (unpaired) electrons. The topological polar surface area (TPSA) is 112 Å². The van der Waals surface area contributed by atoms with Gasteiger partial charge in [-0.3, -0.25) is 14.3 Å². The zero-order valence-corrected chi connectivity index (χ0v) is 16.9. The highest BCUT2D eigenvalue weighted by Crippen LogP contribution is 2.05. The number of nitrogens with two attached hydrogens (primary N) is 1. The normalized spacial score (nSPS) is 11.7. The number of nitrogens with one attached hydrogen (secondary N) is 1. The summed E-state index contributed by atoms with van der Waals surface area (Å²) in [5.74, 6) is -1.00. The maximum absolute atomic E-state index is 12.9. The Hall–Kier alpha value is -3.59. The van der Waals surface area contributed by atoms with Gasteiger partial charge in [-0.15, -0.1) is 5.10 Å². The lowest BCUT2D eigenvalue weighted by molar-refractivity contribution is -0.146. The first-order chi connectivity index (χ1) is 15.0. The van der Waals surface area contributed by atoms with Crippen LogP contribution in [0.15, 0.2) is 60.8 Å². The van der Waals surface area contributed by atoms with Crippen molar-refractivity contribution in [2.75, 3.05) is 0 Å². The Balaban J connectivity index is 1.37. The Morgan fingerprint density at radius 2 is 1.84 bits per heavy atom. The van der Waals surface area contributed by atoms with Crippen LogP contribution in [0.3, 0.4) is 0 Å². The number of carbonyl (C=O) groups excluding carboxylic acids is 2. The summed E-state index contributed by atoms with van der Waals surface area (Å²) >= 11 is 0. The molecular weight excluding hydrogens is 401 g/mol. The molecule has 0 aliphatic rings. The van der Waals surface area contributed by atoms with Crippen LogP contribution in [0.1, 0.15) is 23.2 Å². The van der Waals surface area contributed by atoms with Crippen molar-refractivity contribution in [3.8, 4) is 0 Å². The predicted molar refractivity (Wildman–Crippen MR) is 111 cm³/mol. The molecule has 8 nitrogen and oxygen atoms in total. The fourth-order valence-electron chi connectivity index (χ4n) is 2.82. The van der Waals surface area contributed by atoms with E-state index in [1.807, 2.05) is 30.3 Å². The fourth-order valence-corrected chi connectivity index (χ4v) is 2.82. The molecule has 1 amide bonds. The van der Waals surface area contributed by atoms with Crippen LogP contribution >= 0.6 is 0 Å². The lowest BCUT2D eigenvalue weighted by Gasteiger charge is -2.10. The number of rotatable bonds is 10. The van der Waals surface area contributed by atoms with E-state index in [-0.39, 0.29) is 24.8 Å². The number of hydrogen-bond acceptors (Lipinski definition) is 6. The second-order valence-corrected chi connectivity index (χ2v) is 7.03. The number of benzene rings is 2. The minimum atomic E-state index is -0.762. The van der Waals surface area contributed by atoms with Gasteiger partial charge in [0, 0.05) is 13.0 Å². The number of ether oxygens (including phenoxy) is 1. The lowest BCUT2D eigenvalue weighted by Crippen LogP contribution is -2.34. The minimum Gasteiger partial charge on any atom is -0.458 e. The average Bonchev–Trinajstić information content (AvgIpc) is 3.24. The molecule has 0 bridgehead atoms. The zero-order chi connectivity index (χ0) is 22.1. The van der Waals surface area contributed by atoms with Gasteiger partial charge >= 0.3 is 5.97 Å².